The third-order valence-corrected chi connectivity index (χ3v) is 5.39. The Morgan fingerprint density at radius 3 is 2.67 bits per heavy atom. The molecule has 1 aliphatic rings. The highest BCUT2D eigenvalue weighted by molar-refractivity contribution is 9.10. The number of nitrogens with one attached hydrogen (secondary N) is 1. The first-order chi connectivity index (χ1) is 8.69. The van der Waals surface area contributed by atoms with Gasteiger partial charge in [-0.3, -0.25) is 0 Å². The quantitative estimate of drug-likeness (QED) is 0.878. The van der Waals surface area contributed by atoms with Crippen LogP contribution in [0, 0.1) is 0 Å². The third-order valence-electron chi connectivity index (χ3n) is 3.61. The van der Waals surface area contributed by atoms with Crippen molar-refractivity contribution in [2.75, 3.05) is 6.26 Å². The van der Waals surface area contributed by atoms with Crippen molar-refractivity contribution in [1.29, 1.82) is 0 Å². The average Bonchev–Trinajstić information content (AvgIpc) is 2.41. The van der Waals surface area contributed by atoms with Crippen LogP contribution in [-0.4, -0.2) is 22.7 Å². The van der Waals surface area contributed by atoms with Crippen LogP contribution in [0.25, 0.3) is 0 Å². The molecule has 0 bridgehead atoms. The van der Waals surface area contributed by atoms with E-state index in [1.807, 2.05) is 23.9 Å². The molecule has 2 rings (SSSR count). The molecule has 0 saturated heterocycles. The molecule has 0 radical (unpaired) electrons. The Hall–Kier alpha value is -0.190. The maximum absolute atomic E-state index is 9.45. The van der Waals surface area contributed by atoms with Crippen LogP contribution in [-0.2, 0) is 6.54 Å². The summed E-state index contributed by atoms with van der Waals surface area (Å²) < 4.78 is 0.771. The summed E-state index contributed by atoms with van der Waals surface area (Å²) in [5, 5.41) is 13.9. The molecule has 1 aliphatic carbocycles. The van der Waals surface area contributed by atoms with Crippen LogP contribution in [0.4, 0.5) is 0 Å². The molecule has 0 amide bonds. The zero-order valence-electron chi connectivity index (χ0n) is 10.7. The van der Waals surface area contributed by atoms with Crippen molar-refractivity contribution in [3.63, 3.8) is 0 Å². The Morgan fingerprint density at radius 1 is 1.33 bits per heavy atom. The lowest BCUT2D eigenvalue weighted by molar-refractivity contribution is 0.379. The molecule has 2 N–H and O–H groups in total. The summed E-state index contributed by atoms with van der Waals surface area (Å²) >= 11 is 5.35. The van der Waals surface area contributed by atoms with E-state index in [9.17, 15) is 5.11 Å². The van der Waals surface area contributed by atoms with Crippen molar-refractivity contribution in [3.8, 4) is 5.75 Å². The second kappa shape index (κ2) is 6.83. The van der Waals surface area contributed by atoms with Gasteiger partial charge in [0.15, 0.2) is 0 Å². The Balaban J connectivity index is 1.79. The summed E-state index contributed by atoms with van der Waals surface area (Å²) in [6.45, 7) is 0.882. The minimum atomic E-state index is 0.305. The number of benzene rings is 1. The second-order valence-electron chi connectivity index (χ2n) is 4.88. The number of hydrogen-bond donors (Lipinski definition) is 2. The number of phenolic OH excluding ortho intramolecular Hbond substituents is 1. The molecule has 0 atom stereocenters. The molecule has 0 spiro atoms. The summed E-state index contributed by atoms with van der Waals surface area (Å²) in [5.41, 5.74) is 1.21. The van der Waals surface area contributed by atoms with Gasteiger partial charge >= 0.3 is 0 Å². The zero-order chi connectivity index (χ0) is 13.0. The molecule has 1 saturated carbocycles. The van der Waals surface area contributed by atoms with E-state index < -0.39 is 0 Å². The lowest BCUT2D eigenvalue weighted by Crippen LogP contribution is -2.33. The molecule has 18 heavy (non-hydrogen) atoms. The minimum absolute atomic E-state index is 0.305. The molecular weight excluding hydrogens is 310 g/mol. The standard InChI is InChI=1S/C14H20BrNOS/c1-18-12-5-3-11(4-6-12)16-9-10-2-7-14(17)13(15)8-10/h2,7-8,11-12,16-17H,3-6,9H2,1H3. The molecule has 4 heteroatoms. The zero-order valence-corrected chi connectivity index (χ0v) is 13.1. The van der Waals surface area contributed by atoms with Crippen molar-refractivity contribution in [2.24, 2.45) is 0 Å². The van der Waals surface area contributed by atoms with Crippen LogP contribution in [0.2, 0.25) is 0 Å². The smallest absolute Gasteiger partial charge is 0.129 e. The summed E-state index contributed by atoms with van der Waals surface area (Å²) in [4.78, 5) is 0. The molecule has 0 aliphatic heterocycles. The largest absolute Gasteiger partial charge is 0.507 e. The van der Waals surface area contributed by atoms with Crippen LogP contribution in [0.15, 0.2) is 22.7 Å². The molecule has 0 heterocycles. The van der Waals surface area contributed by atoms with Gasteiger partial charge in [-0.15, -0.1) is 0 Å². The van der Waals surface area contributed by atoms with Gasteiger partial charge in [-0.2, -0.15) is 11.8 Å². The fourth-order valence-electron chi connectivity index (χ4n) is 2.43. The first-order valence-corrected chi connectivity index (χ1v) is 8.50. The van der Waals surface area contributed by atoms with Gasteiger partial charge in [0.05, 0.1) is 4.47 Å². The van der Waals surface area contributed by atoms with Crippen molar-refractivity contribution in [1.82, 2.24) is 5.32 Å². The number of hydrogen-bond acceptors (Lipinski definition) is 3. The van der Waals surface area contributed by atoms with E-state index in [0.29, 0.717) is 11.8 Å². The van der Waals surface area contributed by atoms with Gasteiger partial charge in [0.25, 0.3) is 0 Å². The van der Waals surface area contributed by atoms with Crippen LogP contribution in [0.3, 0.4) is 0 Å². The van der Waals surface area contributed by atoms with Crippen LogP contribution in [0.1, 0.15) is 31.2 Å². The Morgan fingerprint density at radius 2 is 2.06 bits per heavy atom. The van der Waals surface area contributed by atoms with Crippen molar-refractivity contribution in [2.45, 2.75) is 43.5 Å². The number of rotatable bonds is 4. The molecule has 1 aromatic carbocycles. The monoisotopic (exact) mass is 329 g/mol. The topological polar surface area (TPSA) is 32.3 Å². The first-order valence-electron chi connectivity index (χ1n) is 6.42. The van der Waals surface area contributed by atoms with E-state index in [4.69, 9.17) is 0 Å². The van der Waals surface area contributed by atoms with Gasteiger partial charge in [0, 0.05) is 17.8 Å². The highest BCUT2D eigenvalue weighted by Crippen LogP contribution is 2.27. The minimum Gasteiger partial charge on any atom is -0.507 e. The SMILES string of the molecule is CSC1CCC(NCc2ccc(O)c(Br)c2)CC1. The molecular formula is C14H20BrNOS. The Bertz CT molecular complexity index is 391. The van der Waals surface area contributed by atoms with Gasteiger partial charge in [0.2, 0.25) is 0 Å². The Kier molecular flexibility index (Phi) is 5.39. The molecule has 2 nitrogen and oxygen atoms in total. The van der Waals surface area contributed by atoms with E-state index >= 15 is 0 Å². The summed E-state index contributed by atoms with van der Waals surface area (Å²) in [7, 11) is 0. The highest BCUT2D eigenvalue weighted by atomic mass is 79.9. The van der Waals surface area contributed by atoms with Gasteiger partial charge in [0.1, 0.15) is 5.75 Å². The van der Waals surface area contributed by atoms with Gasteiger partial charge in [-0.25, -0.2) is 0 Å². The lowest BCUT2D eigenvalue weighted by atomic mass is 9.95. The fourth-order valence-corrected chi connectivity index (χ4v) is 3.59. The predicted octanol–water partition coefficient (Wildman–Crippen LogP) is 3.92. The van der Waals surface area contributed by atoms with E-state index in [2.05, 4.69) is 27.5 Å². The van der Waals surface area contributed by atoms with Crippen molar-refractivity contribution < 1.29 is 5.11 Å². The lowest BCUT2D eigenvalue weighted by Gasteiger charge is -2.28. The van der Waals surface area contributed by atoms with Gasteiger partial charge in [-0.1, -0.05) is 6.07 Å². The molecule has 1 fully saturated rings. The van der Waals surface area contributed by atoms with Crippen LogP contribution in [0.5, 0.6) is 5.75 Å². The highest BCUT2D eigenvalue weighted by Gasteiger charge is 2.19. The van der Waals surface area contributed by atoms with Crippen molar-refractivity contribution in [3.05, 3.63) is 28.2 Å². The summed E-state index contributed by atoms with van der Waals surface area (Å²) in [5.74, 6) is 0.305. The number of phenols is 1. The first kappa shape index (κ1) is 14.2. The van der Waals surface area contributed by atoms with Gasteiger partial charge in [-0.05, 0) is 65.6 Å². The molecule has 0 aromatic heterocycles. The van der Waals surface area contributed by atoms with Crippen LogP contribution >= 0.6 is 27.7 Å². The van der Waals surface area contributed by atoms with Crippen molar-refractivity contribution >= 4 is 27.7 Å². The number of halogens is 1. The molecule has 100 valence electrons. The normalized spacial score (nSPS) is 24.1. The van der Waals surface area contributed by atoms with Gasteiger partial charge < -0.3 is 10.4 Å². The fraction of sp³-hybridized carbons (Fsp3) is 0.571. The van der Waals surface area contributed by atoms with Crippen LogP contribution < -0.4 is 5.32 Å². The van der Waals surface area contributed by atoms with E-state index in [1.165, 1.54) is 31.2 Å². The predicted molar refractivity (Wildman–Crippen MR) is 82.2 cm³/mol. The Labute approximate surface area is 122 Å². The third kappa shape index (κ3) is 3.90. The number of aromatic hydroxyl groups is 1. The van der Waals surface area contributed by atoms with E-state index in [1.54, 1.807) is 6.07 Å². The average molecular weight is 330 g/mol. The van der Waals surface area contributed by atoms with E-state index in [-0.39, 0.29) is 0 Å². The summed E-state index contributed by atoms with van der Waals surface area (Å²) in [6.07, 6.45) is 7.44. The molecule has 0 unspecified atom stereocenters. The maximum atomic E-state index is 9.45. The summed E-state index contributed by atoms with van der Waals surface area (Å²) in [6, 6.07) is 6.35. The van der Waals surface area contributed by atoms with E-state index in [0.717, 1.165) is 16.3 Å². The maximum Gasteiger partial charge on any atom is 0.129 e. The second-order valence-corrected chi connectivity index (χ2v) is 6.87. The number of thioether (sulfide) groups is 1. The molecule has 1 aromatic rings.